The molecule has 3 fully saturated rings. The maximum absolute atomic E-state index is 13.7. The maximum Gasteiger partial charge on any atom is 0.238 e. The Hall–Kier alpha value is -2.08. The number of imide groups is 2. The lowest BCUT2D eigenvalue weighted by Crippen LogP contribution is -2.50. The van der Waals surface area contributed by atoms with Gasteiger partial charge in [-0.05, 0) is 107 Å². The number of carbonyl (C=O) groups is 4. The highest BCUT2D eigenvalue weighted by atomic mass is 127. The maximum atomic E-state index is 13.7. The van der Waals surface area contributed by atoms with Gasteiger partial charge in [-0.3, -0.25) is 19.2 Å². The van der Waals surface area contributed by atoms with Crippen molar-refractivity contribution in [3.05, 3.63) is 66.8 Å². The van der Waals surface area contributed by atoms with Gasteiger partial charge in [-0.25, -0.2) is 9.80 Å². The number of amides is 4. The van der Waals surface area contributed by atoms with Gasteiger partial charge in [0.05, 0.1) is 35.0 Å². The molecule has 3 aliphatic carbocycles. The van der Waals surface area contributed by atoms with Gasteiger partial charge in [0.2, 0.25) is 23.6 Å². The van der Waals surface area contributed by atoms with Gasteiger partial charge < -0.3 is 0 Å². The quantitative estimate of drug-likeness (QED) is 0.271. The number of aryl methyl sites for hydroxylation is 2. The first-order valence-electron chi connectivity index (χ1n) is 11.2. The average Bonchev–Trinajstić information content (AvgIpc) is 3.22. The van der Waals surface area contributed by atoms with Gasteiger partial charge in [0.25, 0.3) is 0 Å². The van der Waals surface area contributed by atoms with Gasteiger partial charge in [-0.15, -0.1) is 0 Å². The minimum atomic E-state index is -0.614. The predicted octanol–water partition coefficient (Wildman–Crippen LogP) is 4.24. The molecule has 2 saturated heterocycles. The molecule has 0 aromatic heterocycles. The Labute approximate surface area is 224 Å². The molecule has 0 N–H and O–H groups in total. The number of carbonyl (C=O) groups excluding carboxylic acids is 4. The molecule has 1 saturated carbocycles. The predicted molar refractivity (Wildman–Crippen MR) is 143 cm³/mol. The molecule has 8 heteroatoms. The number of anilines is 2. The molecular weight excluding hydrogens is 658 g/mol. The number of allylic oxidation sites excluding steroid dienone is 2. The molecular formula is C26H20I2N2O4. The number of hydrogen-bond acceptors (Lipinski definition) is 4. The first-order valence-corrected chi connectivity index (χ1v) is 13.3. The molecule has 2 aromatic rings. The fourth-order valence-electron chi connectivity index (χ4n) is 6.44. The standard InChI is InChI=1S/C26H20I2N2O4/c1-11-9-13(27)3-7-17(11)29-23(31)19-15-5-6-16(20(19)24(29)32)22-21(15)25(33)30(26(22)34)18-8-4-14(28)10-12(18)2/h3-10,15-16,19-22H,1-2H3/t15?,16?,19-,20-,21-,22+/m1/s1. The van der Waals surface area contributed by atoms with Crippen LogP contribution in [-0.2, 0) is 19.2 Å². The number of nitrogens with zero attached hydrogens (tertiary/aromatic N) is 2. The normalized spacial score (nSPS) is 31.5. The van der Waals surface area contributed by atoms with Crippen molar-refractivity contribution in [2.45, 2.75) is 13.8 Å². The molecule has 0 radical (unpaired) electrons. The van der Waals surface area contributed by atoms with E-state index in [9.17, 15) is 19.2 Å². The van der Waals surface area contributed by atoms with Crippen molar-refractivity contribution in [1.82, 2.24) is 0 Å². The first-order chi connectivity index (χ1) is 16.2. The Morgan fingerprint density at radius 2 is 0.912 bits per heavy atom. The zero-order chi connectivity index (χ0) is 24.0. The molecule has 2 bridgehead atoms. The van der Waals surface area contributed by atoms with Crippen LogP contribution in [0.15, 0.2) is 48.6 Å². The van der Waals surface area contributed by atoms with Gasteiger partial charge in [-0.1, -0.05) is 12.2 Å². The van der Waals surface area contributed by atoms with Crippen LogP contribution in [0.4, 0.5) is 11.4 Å². The van der Waals surface area contributed by atoms with Gasteiger partial charge >= 0.3 is 0 Å². The van der Waals surface area contributed by atoms with E-state index < -0.39 is 35.5 Å². The Morgan fingerprint density at radius 3 is 1.21 bits per heavy atom. The van der Waals surface area contributed by atoms with E-state index in [2.05, 4.69) is 45.2 Å². The molecule has 0 spiro atoms. The summed E-state index contributed by atoms with van der Waals surface area (Å²) in [6.07, 6.45) is 3.80. The Morgan fingerprint density at radius 1 is 0.588 bits per heavy atom. The SMILES string of the molecule is Cc1cc(I)ccc1N1C(=O)[C@@H]2C3C=CC([C@H]2C1=O)[C@@H]1C(=O)N(c2ccc(I)cc2C)C(=O)[C@H]31. The molecule has 6 atom stereocenters. The molecule has 172 valence electrons. The van der Waals surface area contributed by atoms with Crippen molar-refractivity contribution in [3.63, 3.8) is 0 Å². The van der Waals surface area contributed by atoms with Crippen LogP contribution in [0.25, 0.3) is 0 Å². The van der Waals surface area contributed by atoms with Crippen molar-refractivity contribution in [3.8, 4) is 0 Å². The van der Waals surface area contributed by atoms with Crippen molar-refractivity contribution in [2.75, 3.05) is 9.80 Å². The molecule has 2 heterocycles. The van der Waals surface area contributed by atoms with E-state index in [1.54, 1.807) is 12.1 Å². The number of benzene rings is 2. The van der Waals surface area contributed by atoms with Crippen LogP contribution in [0, 0.1) is 56.5 Å². The van der Waals surface area contributed by atoms with Crippen molar-refractivity contribution in [2.24, 2.45) is 35.5 Å². The fourth-order valence-corrected chi connectivity index (χ4v) is 7.73. The summed E-state index contributed by atoms with van der Waals surface area (Å²) in [6, 6.07) is 11.2. The molecule has 7 rings (SSSR count). The zero-order valence-electron chi connectivity index (χ0n) is 18.4. The van der Waals surface area contributed by atoms with E-state index in [4.69, 9.17) is 0 Å². The van der Waals surface area contributed by atoms with Crippen molar-refractivity contribution >= 4 is 80.2 Å². The minimum Gasteiger partial charge on any atom is -0.274 e. The summed E-state index contributed by atoms with van der Waals surface area (Å²) in [6.45, 7) is 3.77. The van der Waals surface area contributed by atoms with E-state index in [0.717, 1.165) is 18.3 Å². The third-order valence-corrected chi connectivity index (χ3v) is 9.15. The highest BCUT2D eigenvalue weighted by molar-refractivity contribution is 14.1. The number of rotatable bonds is 2. The largest absolute Gasteiger partial charge is 0.274 e. The van der Waals surface area contributed by atoms with Gasteiger partial charge in [0.1, 0.15) is 0 Å². The van der Waals surface area contributed by atoms with Crippen LogP contribution in [0.2, 0.25) is 0 Å². The monoisotopic (exact) mass is 678 g/mol. The third kappa shape index (κ3) is 2.90. The molecule has 6 nitrogen and oxygen atoms in total. The topological polar surface area (TPSA) is 74.8 Å². The molecule has 4 amide bonds. The van der Waals surface area contributed by atoms with E-state index >= 15 is 0 Å². The van der Waals surface area contributed by atoms with Crippen LogP contribution in [-0.4, -0.2) is 23.6 Å². The van der Waals surface area contributed by atoms with Crippen LogP contribution in [0.5, 0.6) is 0 Å². The second-order valence-corrected chi connectivity index (χ2v) is 12.0. The van der Waals surface area contributed by atoms with Crippen LogP contribution in [0.3, 0.4) is 0 Å². The molecule has 5 aliphatic rings. The third-order valence-electron chi connectivity index (χ3n) is 7.81. The van der Waals surface area contributed by atoms with Gasteiger partial charge in [0, 0.05) is 19.0 Å². The average molecular weight is 678 g/mol. The lowest BCUT2D eigenvalue weighted by Gasteiger charge is -2.44. The van der Waals surface area contributed by atoms with Crippen LogP contribution in [0.1, 0.15) is 11.1 Å². The smallest absolute Gasteiger partial charge is 0.238 e. The highest BCUT2D eigenvalue weighted by Crippen LogP contribution is 2.58. The van der Waals surface area contributed by atoms with E-state index in [1.807, 2.05) is 50.3 Å². The Balaban J connectivity index is 1.41. The van der Waals surface area contributed by atoms with Crippen molar-refractivity contribution < 1.29 is 19.2 Å². The van der Waals surface area contributed by atoms with Gasteiger partial charge in [0.15, 0.2) is 0 Å². The second-order valence-electron chi connectivity index (χ2n) is 9.53. The zero-order valence-corrected chi connectivity index (χ0v) is 22.7. The lowest BCUT2D eigenvalue weighted by atomic mass is 9.54. The summed E-state index contributed by atoms with van der Waals surface area (Å²) in [4.78, 5) is 57.2. The van der Waals surface area contributed by atoms with Crippen molar-refractivity contribution in [1.29, 1.82) is 0 Å². The summed E-state index contributed by atoms with van der Waals surface area (Å²) in [7, 11) is 0. The van der Waals surface area contributed by atoms with E-state index in [-0.39, 0.29) is 23.6 Å². The fraction of sp³-hybridized carbons (Fsp3) is 0.308. The minimum absolute atomic E-state index is 0.263. The van der Waals surface area contributed by atoms with Crippen LogP contribution < -0.4 is 9.80 Å². The lowest BCUT2D eigenvalue weighted by molar-refractivity contribution is -0.137. The number of halogens is 2. The highest BCUT2D eigenvalue weighted by Gasteiger charge is 2.69. The van der Waals surface area contributed by atoms with E-state index in [0.29, 0.717) is 11.4 Å². The Bertz CT molecular complexity index is 1210. The summed E-state index contributed by atoms with van der Waals surface area (Å²) in [5, 5.41) is 0. The second kappa shape index (κ2) is 7.71. The summed E-state index contributed by atoms with van der Waals surface area (Å²) in [5.41, 5.74) is 2.87. The summed E-state index contributed by atoms with van der Waals surface area (Å²) in [5.74, 6) is -4.43. The van der Waals surface area contributed by atoms with Crippen LogP contribution >= 0.6 is 45.2 Å². The first kappa shape index (κ1) is 22.4. The molecule has 2 unspecified atom stereocenters. The summed E-state index contributed by atoms with van der Waals surface area (Å²) < 4.78 is 2.04. The molecule has 2 aliphatic heterocycles. The molecule has 2 aromatic carbocycles. The number of hydrogen-bond donors (Lipinski definition) is 0. The molecule has 34 heavy (non-hydrogen) atoms. The Kier molecular flexibility index (Phi) is 5.08. The van der Waals surface area contributed by atoms with E-state index in [1.165, 1.54) is 9.80 Å². The van der Waals surface area contributed by atoms with Gasteiger partial charge in [-0.2, -0.15) is 0 Å². The summed E-state index contributed by atoms with van der Waals surface area (Å²) >= 11 is 4.40.